The molecule has 0 aliphatic heterocycles. The lowest BCUT2D eigenvalue weighted by Gasteiger charge is -2.57. The molecule has 3 aromatic rings. The number of hydrogen-bond donors (Lipinski definition) is 2. The highest BCUT2D eigenvalue weighted by atomic mass is 16.2. The van der Waals surface area contributed by atoms with Crippen LogP contribution in [0.25, 0.3) is 5.65 Å². The van der Waals surface area contributed by atoms with E-state index in [1.165, 1.54) is 38.5 Å². The molecule has 34 heavy (non-hydrogen) atoms. The Labute approximate surface area is 200 Å². The second kappa shape index (κ2) is 8.57. The molecule has 4 aliphatic rings. The number of nitrogens with one attached hydrogen (secondary N) is 2. The highest BCUT2D eigenvalue weighted by Crippen LogP contribution is 2.61. The number of benzene rings is 1. The molecule has 6 nitrogen and oxygen atoms in total. The first kappa shape index (κ1) is 21.4. The molecule has 0 radical (unpaired) electrons. The Kier molecular flexibility index (Phi) is 5.39. The molecule has 1 aromatic carbocycles. The Balaban J connectivity index is 1.08. The standard InChI is InChI=1S/C28H32N4O2/c33-26(29-10-9-28-15-19-11-20(16-28)13-21(12-19)17-28)14-23-18-32-24(7-4-8-25(32)30-23)27(34)31-22-5-2-1-3-6-22/h1-8,18-21H,9-17H2,(H,29,33)(H,31,34). The van der Waals surface area contributed by atoms with Crippen LogP contribution in [0.4, 0.5) is 5.69 Å². The lowest BCUT2D eigenvalue weighted by Crippen LogP contribution is -2.47. The third-order valence-electron chi connectivity index (χ3n) is 8.29. The number of amides is 2. The van der Waals surface area contributed by atoms with Crippen molar-refractivity contribution in [3.8, 4) is 0 Å². The zero-order valence-corrected chi connectivity index (χ0v) is 19.5. The van der Waals surface area contributed by atoms with Crippen LogP contribution in [0.3, 0.4) is 0 Å². The van der Waals surface area contributed by atoms with E-state index < -0.39 is 0 Å². The SMILES string of the molecule is O=C(Cc1cn2c(C(=O)Nc3ccccc3)cccc2n1)NCCC12CC3CC(CC(C3)C1)C2. The van der Waals surface area contributed by atoms with Gasteiger partial charge in [0.1, 0.15) is 11.3 Å². The molecule has 2 aromatic heterocycles. The van der Waals surface area contributed by atoms with Gasteiger partial charge in [-0.25, -0.2) is 4.98 Å². The van der Waals surface area contributed by atoms with Crippen molar-refractivity contribution in [2.24, 2.45) is 23.2 Å². The number of imidazole rings is 1. The highest BCUT2D eigenvalue weighted by Gasteiger charge is 2.50. The molecule has 0 saturated heterocycles. The van der Waals surface area contributed by atoms with Crippen molar-refractivity contribution in [3.05, 3.63) is 66.1 Å². The number of rotatable bonds is 7. The van der Waals surface area contributed by atoms with Crippen LogP contribution in [0.1, 0.15) is 61.1 Å². The van der Waals surface area contributed by atoms with Gasteiger partial charge in [0.25, 0.3) is 5.91 Å². The Hall–Kier alpha value is -3.15. The van der Waals surface area contributed by atoms with Crippen LogP contribution < -0.4 is 10.6 Å². The predicted octanol–water partition coefficient (Wildman–Crippen LogP) is 4.85. The molecular formula is C28H32N4O2. The molecule has 4 saturated carbocycles. The monoisotopic (exact) mass is 456 g/mol. The minimum Gasteiger partial charge on any atom is -0.356 e. The summed E-state index contributed by atoms with van der Waals surface area (Å²) < 4.78 is 1.76. The van der Waals surface area contributed by atoms with Gasteiger partial charge in [-0.1, -0.05) is 24.3 Å². The second-order valence-corrected chi connectivity index (χ2v) is 10.9. The summed E-state index contributed by atoms with van der Waals surface area (Å²) in [6, 6.07) is 14.8. The summed E-state index contributed by atoms with van der Waals surface area (Å²) in [7, 11) is 0. The molecule has 4 fully saturated rings. The van der Waals surface area contributed by atoms with Crippen molar-refractivity contribution >= 4 is 23.1 Å². The van der Waals surface area contributed by atoms with Crippen molar-refractivity contribution < 1.29 is 9.59 Å². The predicted molar refractivity (Wildman–Crippen MR) is 132 cm³/mol. The van der Waals surface area contributed by atoms with E-state index in [0.717, 1.165) is 36.4 Å². The maximum Gasteiger partial charge on any atom is 0.272 e. The lowest BCUT2D eigenvalue weighted by molar-refractivity contribution is -0.120. The normalized spacial score (nSPS) is 27.1. The fourth-order valence-corrected chi connectivity index (χ4v) is 7.34. The van der Waals surface area contributed by atoms with Crippen LogP contribution in [0.5, 0.6) is 0 Å². The van der Waals surface area contributed by atoms with Gasteiger partial charge in [0, 0.05) is 18.4 Å². The fourth-order valence-electron chi connectivity index (χ4n) is 7.34. The molecule has 4 bridgehead atoms. The van der Waals surface area contributed by atoms with Crippen LogP contribution >= 0.6 is 0 Å². The Bertz CT molecular complexity index is 1180. The van der Waals surface area contributed by atoms with Crippen molar-refractivity contribution in [2.75, 3.05) is 11.9 Å². The molecule has 6 heteroatoms. The largest absolute Gasteiger partial charge is 0.356 e. The number of nitrogens with zero attached hydrogens (tertiary/aromatic N) is 2. The molecule has 0 unspecified atom stereocenters. The van der Waals surface area contributed by atoms with Crippen LogP contribution in [0.15, 0.2) is 54.7 Å². The molecule has 2 N–H and O–H groups in total. The maximum absolute atomic E-state index is 12.8. The average molecular weight is 457 g/mol. The highest BCUT2D eigenvalue weighted by molar-refractivity contribution is 6.03. The van der Waals surface area contributed by atoms with E-state index in [0.29, 0.717) is 22.5 Å². The van der Waals surface area contributed by atoms with Gasteiger partial charge >= 0.3 is 0 Å². The summed E-state index contributed by atoms with van der Waals surface area (Å²) >= 11 is 0. The van der Waals surface area contributed by atoms with E-state index in [4.69, 9.17) is 0 Å². The first-order valence-electron chi connectivity index (χ1n) is 12.7. The molecule has 4 aliphatic carbocycles. The van der Waals surface area contributed by atoms with Crippen LogP contribution in [0, 0.1) is 23.2 Å². The Morgan fingerprint density at radius 1 is 0.941 bits per heavy atom. The Morgan fingerprint density at radius 3 is 2.35 bits per heavy atom. The zero-order valence-electron chi connectivity index (χ0n) is 19.5. The number of anilines is 1. The molecular weight excluding hydrogens is 424 g/mol. The molecule has 176 valence electrons. The number of carbonyl (C=O) groups excluding carboxylic acids is 2. The third kappa shape index (κ3) is 4.22. The van der Waals surface area contributed by atoms with E-state index in [1.54, 1.807) is 16.7 Å². The number of aromatic nitrogens is 2. The third-order valence-corrected chi connectivity index (χ3v) is 8.29. The quantitative estimate of drug-likeness (QED) is 0.534. The van der Waals surface area contributed by atoms with Gasteiger partial charge in [-0.15, -0.1) is 0 Å². The fraction of sp³-hybridized carbons (Fsp3) is 0.464. The first-order valence-corrected chi connectivity index (χ1v) is 12.7. The van der Waals surface area contributed by atoms with Crippen molar-refractivity contribution in [2.45, 2.75) is 51.4 Å². The van der Waals surface area contributed by atoms with E-state index in [2.05, 4.69) is 15.6 Å². The van der Waals surface area contributed by atoms with Gasteiger partial charge in [-0.3, -0.25) is 14.0 Å². The second-order valence-electron chi connectivity index (χ2n) is 10.9. The van der Waals surface area contributed by atoms with Gasteiger partial charge in [0.15, 0.2) is 0 Å². The van der Waals surface area contributed by atoms with E-state index >= 15 is 0 Å². The summed E-state index contributed by atoms with van der Waals surface area (Å²) in [5, 5.41) is 6.07. The molecule has 2 heterocycles. The molecule has 0 spiro atoms. The van der Waals surface area contributed by atoms with Gasteiger partial charge in [-0.05, 0) is 92.4 Å². The van der Waals surface area contributed by atoms with Gasteiger partial charge in [0.05, 0.1) is 12.1 Å². The van der Waals surface area contributed by atoms with Gasteiger partial charge in [0.2, 0.25) is 5.91 Å². The number of fused-ring (bicyclic) bond motifs is 1. The van der Waals surface area contributed by atoms with Crippen LogP contribution in [-0.4, -0.2) is 27.7 Å². The summed E-state index contributed by atoms with van der Waals surface area (Å²) in [4.78, 5) is 30.1. The first-order chi connectivity index (χ1) is 16.6. The minimum absolute atomic E-state index is 0.00317. The summed E-state index contributed by atoms with van der Waals surface area (Å²) in [5.74, 6) is 2.61. The van der Waals surface area contributed by atoms with E-state index in [-0.39, 0.29) is 18.2 Å². The number of pyridine rings is 1. The van der Waals surface area contributed by atoms with Gasteiger partial charge in [-0.2, -0.15) is 0 Å². The number of hydrogen-bond acceptors (Lipinski definition) is 3. The van der Waals surface area contributed by atoms with E-state index in [9.17, 15) is 9.59 Å². The Morgan fingerprint density at radius 2 is 1.65 bits per heavy atom. The summed E-state index contributed by atoms with van der Waals surface area (Å²) in [5.41, 5.74) is 3.04. The smallest absolute Gasteiger partial charge is 0.272 e. The van der Waals surface area contributed by atoms with Crippen molar-refractivity contribution in [3.63, 3.8) is 0 Å². The van der Waals surface area contributed by atoms with Crippen molar-refractivity contribution in [1.82, 2.24) is 14.7 Å². The molecule has 7 rings (SSSR count). The number of para-hydroxylation sites is 1. The minimum atomic E-state index is -0.208. The van der Waals surface area contributed by atoms with E-state index in [1.807, 2.05) is 42.5 Å². The average Bonchev–Trinajstić information content (AvgIpc) is 3.21. The maximum atomic E-state index is 12.8. The van der Waals surface area contributed by atoms with Gasteiger partial charge < -0.3 is 10.6 Å². The van der Waals surface area contributed by atoms with Crippen LogP contribution in [-0.2, 0) is 11.2 Å². The molecule has 0 atom stereocenters. The zero-order chi connectivity index (χ0) is 23.1. The van der Waals surface area contributed by atoms with Crippen molar-refractivity contribution in [1.29, 1.82) is 0 Å². The molecule has 2 amide bonds. The topological polar surface area (TPSA) is 75.5 Å². The lowest BCUT2D eigenvalue weighted by atomic mass is 9.49. The summed E-state index contributed by atoms with van der Waals surface area (Å²) in [6.45, 7) is 0.753. The summed E-state index contributed by atoms with van der Waals surface area (Å²) in [6.07, 6.45) is 11.6. The number of carbonyl (C=O) groups is 2. The van der Waals surface area contributed by atoms with Crippen LogP contribution in [0.2, 0.25) is 0 Å².